The van der Waals surface area contributed by atoms with Gasteiger partial charge in [0.2, 0.25) is 11.8 Å². The average molecular weight is 1070 g/mol. The molecule has 6 N–H and O–H groups in total. The number of nitrogens with one attached hydrogen (secondary N) is 2. The normalized spacial score (nSPS) is 24.2. The van der Waals surface area contributed by atoms with E-state index in [0.29, 0.717) is 35.9 Å². The van der Waals surface area contributed by atoms with Gasteiger partial charge in [-0.2, -0.15) is 23.5 Å². The molecule has 73 heavy (non-hydrogen) atoms. The number of hydrogen-bond donors (Lipinski definition) is 6. The molecular formula is C51H72F4N4O12S2. The second-order valence-corrected chi connectivity index (χ2v) is 22.9. The number of aliphatic hydroxyl groups is 4. The molecule has 0 spiro atoms. The summed E-state index contributed by atoms with van der Waals surface area (Å²) in [6, 6.07) is 4.27. The van der Waals surface area contributed by atoms with E-state index < -0.39 is 108 Å². The molecule has 0 radical (unpaired) electrons. The molecule has 16 nitrogen and oxygen atoms in total. The number of halogens is 4. The lowest BCUT2D eigenvalue weighted by atomic mass is 9.93. The van der Waals surface area contributed by atoms with Crippen molar-refractivity contribution >= 4 is 47.2 Å². The van der Waals surface area contributed by atoms with E-state index in [0.717, 1.165) is 31.4 Å². The van der Waals surface area contributed by atoms with Crippen LogP contribution in [0, 0.1) is 34.1 Å². The highest BCUT2D eigenvalue weighted by molar-refractivity contribution is 7.99. The zero-order valence-electron chi connectivity index (χ0n) is 43.0. The van der Waals surface area contributed by atoms with Crippen molar-refractivity contribution in [3.63, 3.8) is 0 Å². The summed E-state index contributed by atoms with van der Waals surface area (Å²) in [7, 11) is 2.49. The Kier molecular flexibility index (Phi) is 22.8. The molecule has 2 aromatic carbocycles. The predicted octanol–water partition coefficient (Wildman–Crippen LogP) is 4.25. The van der Waals surface area contributed by atoms with E-state index in [-0.39, 0.29) is 41.1 Å². The van der Waals surface area contributed by atoms with Crippen molar-refractivity contribution in [3.05, 3.63) is 95.1 Å². The summed E-state index contributed by atoms with van der Waals surface area (Å²) in [4.78, 5) is 55.5. The Morgan fingerprint density at radius 2 is 1.19 bits per heavy atom. The molecule has 3 saturated heterocycles. The minimum absolute atomic E-state index is 0.00587. The van der Waals surface area contributed by atoms with E-state index >= 15 is 0 Å². The lowest BCUT2D eigenvalue weighted by Gasteiger charge is -2.45. The van der Waals surface area contributed by atoms with Gasteiger partial charge in [0, 0.05) is 75.5 Å². The number of amides is 4. The number of carbonyl (C=O) groups is 4. The predicted molar refractivity (Wildman–Crippen MR) is 269 cm³/mol. The molecule has 2 unspecified atom stereocenters. The highest BCUT2D eigenvalue weighted by atomic mass is 32.2. The molecule has 408 valence electrons. The summed E-state index contributed by atoms with van der Waals surface area (Å²) in [6.07, 6.45) is -4.10. The van der Waals surface area contributed by atoms with Crippen LogP contribution < -0.4 is 10.6 Å². The van der Waals surface area contributed by atoms with Crippen LogP contribution in [0.5, 0.6) is 0 Å². The number of ether oxygens (including phenoxy) is 4. The van der Waals surface area contributed by atoms with Crippen LogP contribution in [0.3, 0.4) is 0 Å². The lowest BCUT2D eigenvalue weighted by Crippen LogP contribution is -2.62. The van der Waals surface area contributed by atoms with Crippen molar-refractivity contribution in [1.82, 2.24) is 20.4 Å². The van der Waals surface area contributed by atoms with Gasteiger partial charge in [-0.1, -0.05) is 65.8 Å². The zero-order valence-corrected chi connectivity index (χ0v) is 44.6. The van der Waals surface area contributed by atoms with Gasteiger partial charge in [-0.25, -0.2) is 17.6 Å². The fraction of sp³-hybridized carbons (Fsp3) is 0.608. The quantitative estimate of drug-likeness (QED) is 0.103. The molecule has 3 heterocycles. The van der Waals surface area contributed by atoms with E-state index in [1.54, 1.807) is 26.0 Å². The summed E-state index contributed by atoms with van der Waals surface area (Å²) in [6.45, 7) is 15.7. The second-order valence-electron chi connectivity index (χ2n) is 20.6. The molecule has 5 rings (SSSR count). The Morgan fingerprint density at radius 1 is 0.740 bits per heavy atom. The molecule has 10 atom stereocenters. The third kappa shape index (κ3) is 19.2. The number of thioether (sulfide) groups is 2. The highest BCUT2D eigenvalue weighted by Crippen LogP contribution is 2.32. The number of carbonyl (C=O) groups excluding carboxylic acids is 4. The SMILES string of the molecule is CO[C@@H](C(=O)NC1CSCCN(Cc2cc(F)cc(F)c2)C1=O)[C@@H]1OC(C)(C)O[C@H](/C=C/C(C)(C)C)[C@@H]1O.CO[C@@H](C(=O)NC1CSCCN(Cc2cc(F)cc(F)c2)C1=O)[C@H](O)[C@@H](O)[C@H](O)/C=C/C(C)(C)C. The fourth-order valence-electron chi connectivity index (χ4n) is 7.89. The van der Waals surface area contributed by atoms with Gasteiger partial charge < -0.3 is 59.8 Å². The Morgan fingerprint density at radius 3 is 1.62 bits per heavy atom. The molecule has 3 fully saturated rings. The Labute approximate surface area is 433 Å². The second kappa shape index (κ2) is 27.1. The summed E-state index contributed by atoms with van der Waals surface area (Å²) in [5, 5.41) is 47.4. The Balaban J connectivity index is 0.000000318. The smallest absolute Gasteiger partial charge is 0.252 e. The molecule has 0 bridgehead atoms. The maximum absolute atomic E-state index is 13.7. The van der Waals surface area contributed by atoms with Crippen LogP contribution in [-0.4, -0.2) is 171 Å². The van der Waals surface area contributed by atoms with Gasteiger partial charge in [-0.15, -0.1) is 0 Å². The van der Waals surface area contributed by atoms with Crippen LogP contribution in [0.15, 0.2) is 60.7 Å². The van der Waals surface area contributed by atoms with Crippen molar-refractivity contribution < 1.29 is 76.1 Å². The molecule has 0 saturated carbocycles. The average Bonchev–Trinajstić information content (AvgIpc) is 3.55. The first-order valence-corrected chi connectivity index (χ1v) is 26.1. The zero-order chi connectivity index (χ0) is 54.6. The van der Waals surface area contributed by atoms with Crippen LogP contribution in [0.25, 0.3) is 0 Å². The van der Waals surface area contributed by atoms with E-state index in [1.165, 1.54) is 58.6 Å². The molecule has 22 heteroatoms. The van der Waals surface area contributed by atoms with Gasteiger partial charge in [0.05, 0.1) is 0 Å². The summed E-state index contributed by atoms with van der Waals surface area (Å²) in [5.74, 6) is -4.65. The van der Waals surface area contributed by atoms with Gasteiger partial charge >= 0.3 is 0 Å². The van der Waals surface area contributed by atoms with E-state index in [1.807, 2.05) is 47.6 Å². The Hall–Kier alpha value is -4.10. The number of rotatable bonds is 16. The van der Waals surface area contributed by atoms with Gasteiger partial charge in [-0.05, 0) is 60.1 Å². The van der Waals surface area contributed by atoms with Gasteiger partial charge in [0.1, 0.15) is 72.0 Å². The van der Waals surface area contributed by atoms with E-state index in [9.17, 15) is 57.2 Å². The molecular weight excluding hydrogens is 1000 g/mol. The van der Waals surface area contributed by atoms with Crippen LogP contribution in [-0.2, 0) is 51.2 Å². The highest BCUT2D eigenvalue weighted by Gasteiger charge is 2.48. The maximum atomic E-state index is 13.7. The van der Waals surface area contributed by atoms with Crippen molar-refractivity contribution in [2.24, 2.45) is 10.8 Å². The molecule has 2 aromatic rings. The largest absolute Gasteiger partial charge is 0.387 e. The summed E-state index contributed by atoms with van der Waals surface area (Å²) >= 11 is 2.89. The summed E-state index contributed by atoms with van der Waals surface area (Å²) < 4.78 is 76.8. The van der Waals surface area contributed by atoms with Crippen LogP contribution in [0.2, 0.25) is 0 Å². The number of hydrogen-bond acceptors (Lipinski definition) is 14. The molecule has 3 aliphatic heterocycles. The van der Waals surface area contributed by atoms with Gasteiger partial charge in [0.25, 0.3) is 11.8 Å². The third-order valence-corrected chi connectivity index (χ3v) is 13.5. The minimum atomic E-state index is -1.78. The number of nitrogens with zero attached hydrogens (tertiary/aromatic N) is 2. The fourth-order valence-corrected chi connectivity index (χ4v) is 9.85. The molecule has 0 aliphatic carbocycles. The van der Waals surface area contributed by atoms with E-state index in [2.05, 4.69) is 10.6 Å². The number of allylic oxidation sites excluding steroid dienone is 2. The first-order chi connectivity index (χ1) is 34.0. The molecule has 4 amide bonds. The molecule has 3 aliphatic rings. The van der Waals surface area contributed by atoms with Crippen molar-refractivity contribution in [2.45, 2.75) is 135 Å². The van der Waals surface area contributed by atoms with Crippen molar-refractivity contribution in [2.75, 3.05) is 50.3 Å². The van der Waals surface area contributed by atoms with Crippen LogP contribution in [0.1, 0.15) is 66.5 Å². The third-order valence-electron chi connectivity index (χ3n) is 11.4. The Bertz CT molecular complexity index is 2210. The van der Waals surface area contributed by atoms with Gasteiger partial charge in [-0.3, -0.25) is 19.2 Å². The maximum Gasteiger partial charge on any atom is 0.252 e. The monoisotopic (exact) mass is 1070 g/mol. The standard InChI is InChI=1S/C27H38F2N2O6S.C24H34F2N2O6S/c1-26(2,3)8-7-20-21(32)22(37-27(4,5)36-20)23(35-6)24(33)30-19-15-38-10-9-31(25(19)34)14-16-11-17(28)13-18(29)12-16;1-24(2,3)6-5-18(29)19(30)20(31)21(34-4)22(32)27-17-13-35-8-7-28(23(17)33)12-14-9-15(25)11-16(26)10-14/h7-8,11-13,19-23,32H,9-10,14-15H2,1-6H3,(H,30,33);5-6,9-11,17-21,29-31H,7-8,12-13H2,1-4H3,(H,27,32)/b8-7+;6-5+/t19?,20-,21+,22-,23-;17?,18-,19+,20-,21-/m11/s1. The first kappa shape index (κ1) is 61.4. The van der Waals surface area contributed by atoms with Crippen molar-refractivity contribution in [3.8, 4) is 0 Å². The van der Waals surface area contributed by atoms with Crippen molar-refractivity contribution in [1.29, 1.82) is 0 Å². The van der Waals surface area contributed by atoms with Crippen LogP contribution >= 0.6 is 23.5 Å². The van der Waals surface area contributed by atoms with Crippen LogP contribution in [0.4, 0.5) is 17.6 Å². The topological polar surface area (TPSA) is 217 Å². The molecule has 0 aromatic heterocycles. The number of methoxy groups -OCH3 is 2. The summed E-state index contributed by atoms with van der Waals surface area (Å²) in [5.41, 5.74) is 0.167. The van der Waals surface area contributed by atoms with E-state index in [4.69, 9.17) is 18.9 Å². The number of benzene rings is 2. The lowest BCUT2D eigenvalue weighted by molar-refractivity contribution is -0.334. The minimum Gasteiger partial charge on any atom is -0.387 e. The van der Waals surface area contributed by atoms with Gasteiger partial charge in [0.15, 0.2) is 18.0 Å². The number of aliphatic hydroxyl groups excluding tert-OH is 4. The first-order valence-electron chi connectivity index (χ1n) is 23.8.